The summed E-state index contributed by atoms with van der Waals surface area (Å²) in [7, 11) is 0. The standard InChI is InChI=1S/C24H28N2OS/c1-5-18-10-8-11-19(6-2)24(18)25-21(27)13-14-28-22-15-17(4)20-12-7-9-16(3)23(20)26-22/h7-12,15H,5-6,13-14H2,1-4H3,(H,25,27). The minimum Gasteiger partial charge on any atom is -0.326 e. The normalized spacial score (nSPS) is 11.0. The second-order valence-electron chi connectivity index (χ2n) is 7.05. The molecule has 28 heavy (non-hydrogen) atoms. The van der Waals surface area contributed by atoms with E-state index < -0.39 is 0 Å². The third kappa shape index (κ3) is 4.56. The molecule has 0 radical (unpaired) electrons. The number of anilines is 1. The van der Waals surface area contributed by atoms with Gasteiger partial charge in [0.15, 0.2) is 0 Å². The number of nitrogens with one attached hydrogen (secondary N) is 1. The Morgan fingerprint density at radius 1 is 1.00 bits per heavy atom. The second-order valence-corrected chi connectivity index (χ2v) is 8.17. The number of benzene rings is 2. The number of thioether (sulfide) groups is 1. The highest BCUT2D eigenvalue weighted by Crippen LogP contribution is 2.27. The van der Waals surface area contributed by atoms with E-state index >= 15 is 0 Å². The molecule has 1 heterocycles. The zero-order valence-corrected chi connectivity index (χ0v) is 18.0. The van der Waals surface area contributed by atoms with E-state index in [0.717, 1.165) is 29.1 Å². The van der Waals surface area contributed by atoms with Crippen LogP contribution in [0.1, 0.15) is 42.5 Å². The van der Waals surface area contributed by atoms with Gasteiger partial charge in [-0.1, -0.05) is 50.2 Å². The molecule has 0 aliphatic heterocycles. The molecule has 3 nitrogen and oxygen atoms in total. The third-order valence-corrected chi connectivity index (χ3v) is 5.98. The number of aromatic nitrogens is 1. The molecule has 0 unspecified atom stereocenters. The summed E-state index contributed by atoms with van der Waals surface area (Å²) in [6.07, 6.45) is 2.30. The monoisotopic (exact) mass is 392 g/mol. The van der Waals surface area contributed by atoms with Crippen molar-refractivity contribution < 1.29 is 4.79 Å². The van der Waals surface area contributed by atoms with Gasteiger partial charge in [-0.25, -0.2) is 4.98 Å². The van der Waals surface area contributed by atoms with Crippen molar-refractivity contribution >= 4 is 34.3 Å². The van der Waals surface area contributed by atoms with Crippen molar-refractivity contribution in [2.24, 2.45) is 0 Å². The number of fused-ring (bicyclic) bond motifs is 1. The first-order valence-electron chi connectivity index (χ1n) is 9.93. The largest absolute Gasteiger partial charge is 0.326 e. The highest BCUT2D eigenvalue weighted by atomic mass is 32.2. The van der Waals surface area contributed by atoms with Crippen LogP contribution in [0.2, 0.25) is 0 Å². The van der Waals surface area contributed by atoms with Crippen molar-refractivity contribution in [1.29, 1.82) is 0 Å². The molecule has 0 fully saturated rings. The molecule has 1 N–H and O–H groups in total. The maximum absolute atomic E-state index is 12.5. The Bertz CT molecular complexity index is 975. The lowest BCUT2D eigenvalue weighted by Gasteiger charge is -2.14. The molecule has 1 aromatic heterocycles. The molecule has 146 valence electrons. The van der Waals surface area contributed by atoms with E-state index in [9.17, 15) is 4.79 Å². The highest BCUT2D eigenvalue weighted by molar-refractivity contribution is 7.99. The van der Waals surface area contributed by atoms with Crippen LogP contribution in [-0.2, 0) is 17.6 Å². The van der Waals surface area contributed by atoms with Gasteiger partial charge >= 0.3 is 0 Å². The Kier molecular flexibility index (Phi) is 6.74. The smallest absolute Gasteiger partial charge is 0.225 e. The molecule has 4 heteroatoms. The number of amides is 1. The van der Waals surface area contributed by atoms with E-state index in [2.05, 4.69) is 75.5 Å². The Labute approximate surface area is 172 Å². The van der Waals surface area contributed by atoms with Crippen LogP contribution in [0.3, 0.4) is 0 Å². The third-order valence-electron chi connectivity index (χ3n) is 5.07. The van der Waals surface area contributed by atoms with Gasteiger partial charge in [0.1, 0.15) is 0 Å². The molecular weight excluding hydrogens is 364 g/mol. The first kappa shape index (κ1) is 20.4. The fraction of sp³-hybridized carbons (Fsp3) is 0.333. The Morgan fingerprint density at radius 2 is 1.68 bits per heavy atom. The van der Waals surface area contributed by atoms with Crippen LogP contribution in [0.15, 0.2) is 47.5 Å². The lowest BCUT2D eigenvalue weighted by molar-refractivity contribution is -0.115. The lowest BCUT2D eigenvalue weighted by atomic mass is 10.0. The van der Waals surface area contributed by atoms with Gasteiger partial charge in [-0.3, -0.25) is 4.79 Å². The predicted molar refractivity (Wildman–Crippen MR) is 120 cm³/mol. The van der Waals surface area contributed by atoms with Crippen molar-refractivity contribution in [2.45, 2.75) is 52.0 Å². The number of hydrogen-bond donors (Lipinski definition) is 1. The number of hydrogen-bond acceptors (Lipinski definition) is 3. The number of rotatable bonds is 7. The molecule has 0 spiro atoms. The van der Waals surface area contributed by atoms with Crippen LogP contribution >= 0.6 is 11.8 Å². The molecule has 3 rings (SSSR count). The number of nitrogens with zero attached hydrogens (tertiary/aromatic N) is 1. The van der Waals surface area contributed by atoms with Crippen molar-refractivity contribution in [3.05, 3.63) is 64.7 Å². The average Bonchev–Trinajstić information content (AvgIpc) is 2.69. The maximum Gasteiger partial charge on any atom is 0.225 e. The molecule has 0 bridgehead atoms. The predicted octanol–water partition coefficient (Wildman–Crippen LogP) is 6.10. The quantitative estimate of drug-likeness (QED) is 0.494. The highest BCUT2D eigenvalue weighted by Gasteiger charge is 2.11. The minimum absolute atomic E-state index is 0.0665. The average molecular weight is 393 g/mol. The summed E-state index contributed by atoms with van der Waals surface area (Å²) in [4.78, 5) is 17.3. The summed E-state index contributed by atoms with van der Waals surface area (Å²) in [6, 6.07) is 14.6. The van der Waals surface area contributed by atoms with Crippen molar-refractivity contribution in [3.8, 4) is 0 Å². The van der Waals surface area contributed by atoms with E-state index in [1.165, 1.54) is 27.6 Å². The van der Waals surface area contributed by atoms with Crippen LogP contribution < -0.4 is 5.32 Å². The first-order valence-corrected chi connectivity index (χ1v) is 10.9. The maximum atomic E-state index is 12.5. The number of aryl methyl sites for hydroxylation is 4. The van der Waals surface area contributed by atoms with Gasteiger partial charge in [-0.2, -0.15) is 0 Å². The fourth-order valence-electron chi connectivity index (χ4n) is 3.46. The van der Waals surface area contributed by atoms with Gasteiger partial charge in [0.25, 0.3) is 0 Å². The van der Waals surface area contributed by atoms with E-state index in [1.807, 2.05) is 0 Å². The fourth-order valence-corrected chi connectivity index (χ4v) is 4.37. The second kappa shape index (κ2) is 9.24. The van der Waals surface area contributed by atoms with Crippen LogP contribution in [0.25, 0.3) is 10.9 Å². The van der Waals surface area contributed by atoms with Gasteiger partial charge in [-0.05, 0) is 55.0 Å². The summed E-state index contributed by atoms with van der Waals surface area (Å²) in [6.45, 7) is 8.45. The molecule has 0 saturated carbocycles. The summed E-state index contributed by atoms with van der Waals surface area (Å²) in [5.41, 5.74) is 6.86. The Balaban J connectivity index is 1.65. The summed E-state index contributed by atoms with van der Waals surface area (Å²) < 4.78 is 0. The van der Waals surface area contributed by atoms with E-state index in [-0.39, 0.29) is 5.91 Å². The molecule has 1 amide bonds. The molecule has 3 aromatic rings. The number of para-hydroxylation sites is 2. The van der Waals surface area contributed by atoms with Crippen LogP contribution in [0.5, 0.6) is 0 Å². The molecule has 0 aliphatic carbocycles. The summed E-state index contributed by atoms with van der Waals surface area (Å²) in [5, 5.41) is 5.33. The van der Waals surface area contributed by atoms with Gasteiger partial charge < -0.3 is 5.32 Å². The summed E-state index contributed by atoms with van der Waals surface area (Å²) >= 11 is 1.64. The molecule has 0 aliphatic rings. The zero-order chi connectivity index (χ0) is 20.1. The van der Waals surface area contributed by atoms with Gasteiger partial charge in [0.2, 0.25) is 5.91 Å². The molecule has 0 atom stereocenters. The van der Waals surface area contributed by atoms with Crippen molar-refractivity contribution in [3.63, 3.8) is 0 Å². The van der Waals surface area contributed by atoms with E-state index in [0.29, 0.717) is 12.2 Å². The minimum atomic E-state index is 0.0665. The number of carbonyl (C=O) groups is 1. The van der Waals surface area contributed by atoms with Gasteiger partial charge in [0.05, 0.1) is 10.5 Å². The van der Waals surface area contributed by atoms with E-state index in [4.69, 9.17) is 4.98 Å². The number of pyridine rings is 1. The molecule has 2 aromatic carbocycles. The topological polar surface area (TPSA) is 42.0 Å². The van der Waals surface area contributed by atoms with Crippen LogP contribution in [-0.4, -0.2) is 16.6 Å². The lowest BCUT2D eigenvalue weighted by Crippen LogP contribution is -2.15. The zero-order valence-electron chi connectivity index (χ0n) is 17.1. The van der Waals surface area contributed by atoms with Crippen molar-refractivity contribution in [2.75, 3.05) is 11.1 Å². The van der Waals surface area contributed by atoms with Gasteiger partial charge in [0, 0.05) is 23.2 Å². The molecular formula is C24H28N2OS. The van der Waals surface area contributed by atoms with Crippen LogP contribution in [0.4, 0.5) is 5.69 Å². The van der Waals surface area contributed by atoms with Crippen LogP contribution in [0, 0.1) is 13.8 Å². The van der Waals surface area contributed by atoms with Gasteiger partial charge in [-0.15, -0.1) is 11.8 Å². The Hall–Kier alpha value is -2.33. The van der Waals surface area contributed by atoms with Crippen molar-refractivity contribution in [1.82, 2.24) is 4.98 Å². The summed E-state index contributed by atoms with van der Waals surface area (Å²) in [5.74, 6) is 0.780. The first-order chi connectivity index (χ1) is 13.5. The SMILES string of the molecule is CCc1cccc(CC)c1NC(=O)CCSc1cc(C)c2cccc(C)c2n1. The Morgan fingerprint density at radius 3 is 2.36 bits per heavy atom. The number of carbonyl (C=O) groups excluding carboxylic acids is 1. The molecule has 0 saturated heterocycles. The van der Waals surface area contributed by atoms with E-state index in [1.54, 1.807) is 11.8 Å².